The Labute approximate surface area is 200 Å². The van der Waals surface area contributed by atoms with Crippen LogP contribution in [0.3, 0.4) is 0 Å². The van der Waals surface area contributed by atoms with E-state index in [0.29, 0.717) is 12.2 Å². The van der Waals surface area contributed by atoms with Gasteiger partial charge in [-0.15, -0.1) is 0 Å². The van der Waals surface area contributed by atoms with Crippen molar-refractivity contribution in [1.29, 1.82) is 0 Å². The molecule has 2 aliphatic heterocycles. The molecular formula is C26H32N4O4. The number of carbonyl (C=O) groups is 1. The van der Waals surface area contributed by atoms with Gasteiger partial charge in [0.2, 0.25) is 0 Å². The maximum atomic E-state index is 12.3. The molecule has 2 aliphatic rings. The number of aromatic nitrogens is 2. The summed E-state index contributed by atoms with van der Waals surface area (Å²) in [5.41, 5.74) is 4.62. The van der Waals surface area contributed by atoms with Crippen LogP contribution in [0.15, 0.2) is 42.5 Å². The Morgan fingerprint density at radius 1 is 0.941 bits per heavy atom. The normalized spacial score (nSPS) is 17.3. The Morgan fingerprint density at radius 3 is 2.35 bits per heavy atom. The van der Waals surface area contributed by atoms with Gasteiger partial charge in [-0.05, 0) is 49.4 Å². The molecule has 8 heteroatoms. The third-order valence-electron chi connectivity index (χ3n) is 6.50. The summed E-state index contributed by atoms with van der Waals surface area (Å²) in [7, 11) is 0. The first-order valence-corrected chi connectivity index (χ1v) is 12.1. The molecule has 2 saturated heterocycles. The summed E-state index contributed by atoms with van der Waals surface area (Å²) in [6, 6.07) is 14.3. The molecule has 3 aromatic rings. The predicted octanol–water partition coefficient (Wildman–Crippen LogP) is 3.05. The number of hydrogen-bond acceptors (Lipinski definition) is 7. The van der Waals surface area contributed by atoms with E-state index in [9.17, 15) is 4.79 Å². The molecule has 0 atom stereocenters. The first-order valence-electron chi connectivity index (χ1n) is 12.1. The van der Waals surface area contributed by atoms with Crippen LogP contribution in [-0.4, -0.2) is 86.2 Å². The molecule has 8 nitrogen and oxygen atoms in total. The topological polar surface area (TPSA) is 69.1 Å². The fourth-order valence-corrected chi connectivity index (χ4v) is 4.63. The fourth-order valence-electron chi connectivity index (χ4n) is 4.63. The Morgan fingerprint density at radius 2 is 1.65 bits per heavy atom. The van der Waals surface area contributed by atoms with Crippen molar-refractivity contribution in [3.63, 3.8) is 0 Å². The van der Waals surface area contributed by atoms with E-state index in [4.69, 9.17) is 19.2 Å². The average molecular weight is 465 g/mol. The minimum Gasteiger partial charge on any atom is -0.462 e. The molecule has 0 saturated carbocycles. The van der Waals surface area contributed by atoms with E-state index in [1.54, 1.807) is 0 Å². The van der Waals surface area contributed by atoms with Gasteiger partial charge in [-0.25, -0.2) is 9.78 Å². The van der Waals surface area contributed by atoms with Gasteiger partial charge in [-0.1, -0.05) is 0 Å². The van der Waals surface area contributed by atoms with Crippen LogP contribution in [0, 0.1) is 0 Å². The fraction of sp³-hybridized carbons (Fsp3) is 0.462. The van der Waals surface area contributed by atoms with Crippen molar-refractivity contribution >= 4 is 22.7 Å². The highest BCUT2D eigenvalue weighted by Crippen LogP contribution is 2.28. The molecule has 0 unspecified atom stereocenters. The summed E-state index contributed by atoms with van der Waals surface area (Å²) in [6.07, 6.45) is 0. The Bertz CT molecular complexity index is 1120. The van der Waals surface area contributed by atoms with Crippen molar-refractivity contribution in [3.05, 3.63) is 48.0 Å². The van der Waals surface area contributed by atoms with Crippen molar-refractivity contribution in [2.75, 3.05) is 70.7 Å². The lowest BCUT2D eigenvalue weighted by molar-refractivity contribution is 0.0366. The Kier molecular flexibility index (Phi) is 7.08. The van der Waals surface area contributed by atoms with Gasteiger partial charge in [0.25, 0.3) is 0 Å². The minimum atomic E-state index is -0.316. The molecule has 0 bridgehead atoms. The molecule has 0 amide bonds. The van der Waals surface area contributed by atoms with Gasteiger partial charge in [-0.2, -0.15) is 0 Å². The molecule has 0 spiro atoms. The molecule has 0 radical (unpaired) electrons. The summed E-state index contributed by atoms with van der Waals surface area (Å²) >= 11 is 0. The predicted molar refractivity (Wildman–Crippen MR) is 131 cm³/mol. The summed E-state index contributed by atoms with van der Waals surface area (Å²) in [6.45, 7) is 10.7. The number of rotatable bonds is 7. The number of anilines is 1. The van der Waals surface area contributed by atoms with Crippen molar-refractivity contribution in [1.82, 2.24) is 14.5 Å². The van der Waals surface area contributed by atoms with E-state index in [1.165, 1.54) is 5.69 Å². The lowest BCUT2D eigenvalue weighted by atomic mass is 10.1. The molecule has 2 aromatic carbocycles. The number of carbonyl (C=O) groups excluding carboxylic acids is 1. The van der Waals surface area contributed by atoms with E-state index in [1.807, 2.05) is 25.1 Å². The molecule has 5 rings (SSSR count). The maximum absolute atomic E-state index is 12.3. The van der Waals surface area contributed by atoms with E-state index in [-0.39, 0.29) is 5.97 Å². The van der Waals surface area contributed by atoms with Gasteiger partial charge in [0.15, 0.2) is 0 Å². The number of morpholine rings is 2. The highest BCUT2D eigenvalue weighted by molar-refractivity contribution is 5.94. The monoisotopic (exact) mass is 464 g/mol. The third-order valence-corrected chi connectivity index (χ3v) is 6.50. The highest BCUT2D eigenvalue weighted by Gasteiger charge is 2.18. The molecular weight excluding hydrogens is 432 g/mol. The summed E-state index contributed by atoms with van der Waals surface area (Å²) in [5, 5.41) is 0. The number of fused-ring (bicyclic) bond motifs is 1. The molecule has 2 fully saturated rings. The summed E-state index contributed by atoms with van der Waals surface area (Å²) in [5.74, 6) is 0.599. The summed E-state index contributed by atoms with van der Waals surface area (Å²) < 4.78 is 18.4. The first-order chi connectivity index (χ1) is 16.7. The third kappa shape index (κ3) is 4.94. The number of imidazole rings is 1. The number of benzene rings is 2. The van der Waals surface area contributed by atoms with Crippen LogP contribution in [0.1, 0.15) is 17.3 Å². The van der Waals surface area contributed by atoms with Crippen molar-refractivity contribution in [2.45, 2.75) is 13.5 Å². The molecule has 1 aromatic heterocycles. The number of ether oxygens (including phenoxy) is 3. The Balaban J connectivity index is 1.46. The van der Waals surface area contributed by atoms with Crippen LogP contribution in [0.4, 0.5) is 5.69 Å². The number of hydrogen-bond donors (Lipinski definition) is 0. The molecule has 180 valence electrons. The second kappa shape index (κ2) is 10.5. The van der Waals surface area contributed by atoms with Gasteiger partial charge in [0.1, 0.15) is 5.82 Å². The van der Waals surface area contributed by atoms with Gasteiger partial charge < -0.3 is 23.7 Å². The van der Waals surface area contributed by atoms with Gasteiger partial charge >= 0.3 is 5.97 Å². The molecule has 34 heavy (non-hydrogen) atoms. The lowest BCUT2D eigenvalue weighted by Crippen LogP contribution is -2.38. The molecule has 0 N–H and O–H groups in total. The maximum Gasteiger partial charge on any atom is 0.338 e. The minimum absolute atomic E-state index is 0.316. The van der Waals surface area contributed by atoms with Gasteiger partial charge in [-0.3, -0.25) is 4.90 Å². The van der Waals surface area contributed by atoms with E-state index < -0.39 is 0 Å². The largest absolute Gasteiger partial charge is 0.462 e. The van der Waals surface area contributed by atoms with E-state index in [2.05, 4.69) is 38.6 Å². The van der Waals surface area contributed by atoms with Crippen molar-refractivity contribution in [2.24, 2.45) is 0 Å². The second-order valence-electron chi connectivity index (χ2n) is 8.61. The highest BCUT2D eigenvalue weighted by atomic mass is 16.5. The van der Waals surface area contributed by atoms with Crippen LogP contribution >= 0.6 is 0 Å². The van der Waals surface area contributed by atoms with E-state index >= 15 is 0 Å². The second-order valence-corrected chi connectivity index (χ2v) is 8.61. The van der Waals surface area contributed by atoms with E-state index in [0.717, 1.165) is 88.1 Å². The number of nitrogens with zero attached hydrogens (tertiary/aromatic N) is 4. The molecule has 0 aliphatic carbocycles. The van der Waals surface area contributed by atoms with Gasteiger partial charge in [0, 0.05) is 50.5 Å². The zero-order chi connectivity index (χ0) is 23.3. The smallest absolute Gasteiger partial charge is 0.338 e. The van der Waals surface area contributed by atoms with Crippen LogP contribution in [0.25, 0.3) is 22.4 Å². The average Bonchev–Trinajstić information content (AvgIpc) is 3.26. The van der Waals surface area contributed by atoms with Crippen LogP contribution < -0.4 is 4.90 Å². The first kappa shape index (κ1) is 22.8. The zero-order valence-corrected chi connectivity index (χ0v) is 19.7. The van der Waals surface area contributed by atoms with Crippen molar-refractivity contribution in [3.8, 4) is 11.4 Å². The van der Waals surface area contributed by atoms with Crippen LogP contribution in [-0.2, 0) is 20.8 Å². The number of esters is 1. The standard InChI is InChI=1S/C26H32N4O4/c1-2-34-26(31)21-5-8-24-23(19-21)27-25(30(24)10-9-28-11-15-32-16-12-28)20-3-6-22(7-4-20)29-13-17-33-18-14-29/h3-8,19H,2,9-18H2,1H3. The molecule has 3 heterocycles. The van der Waals surface area contributed by atoms with Crippen LogP contribution in [0.5, 0.6) is 0 Å². The van der Waals surface area contributed by atoms with Crippen LogP contribution in [0.2, 0.25) is 0 Å². The Hall–Kier alpha value is -2.94. The summed E-state index contributed by atoms with van der Waals surface area (Å²) in [4.78, 5) is 22.0. The van der Waals surface area contributed by atoms with Crippen molar-refractivity contribution < 1.29 is 19.0 Å². The quantitative estimate of drug-likeness (QED) is 0.498. The van der Waals surface area contributed by atoms with Gasteiger partial charge in [0.05, 0.1) is 49.6 Å². The SMILES string of the molecule is CCOC(=O)c1ccc2c(c1)nc(-c1ccc(N3CCOCC3)cc1)n2CCN1CCOCC1. The zero-order valence-electron chi connectivity index (χ0n) is 19.7. The lowest BCUT2D eigenvalue weighted by Gasteiger charge is -2.29.